The lowest BCUT2D eigenvalue weighted by Gasteiger charge is -2.22. The number of hydrogen-bond donors (Lipinski definition) is 1. The van der Waals surface area contributed by atoms with Crippen molar-refractivity contribution in [2.45, 2.75) is 0 Å². The first-order valence-corrected chi connectivity index (χ1v) is 5.96. The van der Waals surface area contributed by atoms with Crippen LogP contribution in [0.1, 0.15) is 5.56 Å². The third-order valence-electron chi connectivity index (χ3n) is 2.68. The Balaban J connectivity index is 2.79. The molecular formula is C14H19FN2O2. The van der Waals surface area contributed by atoms with Crippen molar-refractivity contribution >= 4 is 17.7 Å². The van der Waals surface area contributed by atoms with Crippen molar-refractivity contribution in [1.29, 1.82) is 0 Å². The summed E-state index contributed by atoms with van der Waals surface area (Å²) in [7, 11) is 5.75. The first-order chi connectivity index (χ1) is 8.90. The van der Waals surface area contributed by atoms with Crippen LogP contribution in [0.5, 0.6) is 0 Å². The molecule has 1 N–H and O–H groups in total. The Kier molecular flexibility index (Phi) is 5.51. The molecule has 1 aromatic rings. The first-order valence-electron chi connectivity index (χ1n) is 5.96. The second-order valence-electron chi connectivity index (χ2n) is 4.61. The van der Waals surface area contributed by atoms with Crippen LogP contribution < -0.4 is 4.90 Å². The molecule has 0 atom stereocenters. The van der Waals surface area contributed by atoms with Crippen LogP contribution in [-0.4, -0.2) is 50.2 Å². The van der Waals surface area contributed by atoms with E-state index in [1.165, 1.54) is 12.1 Å². The van der Waals surface area contributed by atoms with Gasteiger partial charge in [-0.3, -0.25) is 0 Å². The van der Waals surface area contributed by atoms with Crippen molar-refractivity contribution in [3.63, 3.8) is 0 Å². The number of anilines is 1. The maximum absolute atomic E-state index is 13.9. The average molecular weight is 266 g/mol. The van der Waals surface area contributed by atoms with Gasteiger partial charge in [-0.05, 0) is 37.9 Å². The number of likely N-dealkylation sites (N-methyl/N-ethyl adjacent to an activating group) is 2. The van der Waals surface area contributed by atoms with Gasteiger partial charge in [-0.15, -0.1) is 0 Å². The lowest BCUT2D eigenvalue weighted by Crippen LogP contribution is -2.29. The SMILES string of the molecule is CN(C)CCN(C)c1ccc(/C=C/C(=O)O)cc1F. The van der Waals surface area contributed by atoms with Crippen molar-refractivity contribution in [3.05, 3.63) is 35.7 Å². The summed E-state index contributed by atoms with van der Waals surface area (Å²) in [4.78, 5) is 14.2. The zero-order valence-electron chi connectivity index (χ0n) is 11.4. The van der Waals surface area contributed by atoms with Crippen LogP contribution in [0.4, 0.5) is 10.1 Å². The monoisotopic (exact) mass is 266 g/mol. The zero-order valence-corrected chi connectivity index (χ0v) is 11.4. The van der Waals surface area contributed by atoms with E-state index in [1.54, 1.807) is 12.1 Å². The van der Waals surface area contributed by atoms with Crippen molar-refractivity contribution < 1.29 is 14.3 Å². The number of benzene rings is 1. The minimum absolute atomic E-state index is 0.353. The normalized spacial score (nSPS) is 11.2. The fourth-order valence-electron chi connectivity index (χ4n) is 1.57. The summed E-state index contributed by atoms with van der Waals surface area (Å²) >= 11 is 0. The van der Waals surface area contributed by atoms with E-state index in [-0.39, 0.29) is 5.82 Å². The molecule has 4 nitrogen and oxygen atoms in total. The van der Waals surface area contributed by atoms with Crippen molar-refractivity contribution in [1.82, 2.24) is 4.90 Å². The highest BCUT2D eigenvalue weighted by Crippen LogP contribution is 2.20. The highest BCUT2D eigenvalue weighted by Gasteiger charge is 2.08. The molecule has 0 unspecified atom stereocenters. The molecule has 0 bridgehead atoms. The van der Waals surface area contributed by atoms with Crippen LogP contribution in [0, 0.1) is 5.82 Å². The fourth-order valence-corrected chi connectivity index (χ4v) is 1.57. The number of halogens is 1. The number of rotatable bonds is 6. The van der Waals surface area contributed by atoms with Crippen molar-refractivity contribution in [2.75, 3.05) is 39.1 Å². The molecule has 0 radical (unpaired) electrons. The van der Waals surface area contributed by atoms with Gasteiger partial charge in [-0.2, -0.15) is 0 Å². The van der Waals surface area contributed by atoms with E-state index in [1.807, 2.05) is 30.9 Å². The van der Waals surface area contributed by atoms with Gasteiger partial charge in [0.1, 0.15) is 5.82 Å². The Morgan fingerprint density at radius 2 is 2.00 bits per heavy atom. The highest BCUT2D eigenvalue weighted by atomic mass is 19.1. The lowest BCUT2D eigenvalue weighted by atomic mass is 10.1. The minimum atomic E-state index is -1.05. The second kappa shape index (κ2) is 6.89. The molecule has 0 aliphatic carbocycles. The van der Waals surface area contributed by atoms with Crippen LogP contribution in [0.2, 0.25) is 0 Å². The molecule has 0 aliphatic heterocycles. The molecule has 19 heavy (non-hydrogen) atoms. The van der Waals surface area contributed by atoms with Crippen LogP contribution >= 0.6 is 0 Å². The molecular weight excluding hydrogens is 247 g/mol. The lowest BCUT2D eigenvalue weighted by molar-refractivity contribution is -0.131. The third-order valence-corrected chi connectivity index (χ3v) is 2.68. The molecule has 0 saturated heterocycles. The maximum Gasteiger partial charge on any atom is 0.328 e. The maximum atomic E-state index is 13.9. The van der Waals surface area contributed by atoms with Crippen LogP contribution in [-0.2, 0) is 4.79 Å². The van der Waals surface area contributed by atoms with Crippen molar-refractivity contribution in [2.24, 2.45) is 0 Å². The Morgan fingerprint density at radius 3 is 2.53 bits per heavy atom. The molecule has 104 valence electrons. The standard InChI is InChI=1S/C14H19FN2O2/c1-16(2)8-9-17(3)13-6-4-11(10-12(13)15)5-7-14(18)19/h4-7,10H,8-9H2,1-3H3,(H,18,19)/b7-5+. The number of carboxylic acids is 1. The summed E-state index contributed by atoms with van der Waals surface area (Å²) in [6.45, 7) is 1.55. The van der Waals surface area contributed by atoms with Gasteiger partial charge in [0.15, 0.2) is 0 Å². The number of carboxylic acid groups (broad SMARTS) is 1. The van der Waals surface area contributed by atoms with Gasteiger partial charge >= 0.3 is 5.97 Å². The summed E-state index contributed by atoms with van der Waals surface area (Å²) in [5.41, 5.74) is 1.04. The molecule has 0 aliphatic rings. The van der Waals surface area contributed by atoms with Gasteiger partial charge in [0.05, 0.1) is 5.69 Å². The predicted octanol–water partition coefficient (Wildman–Crippen LogP) is 1.92. The van der Waals surface area contributed by atoms with Gasteiger partial charge in [0, 0.05) is 26.2 Å². The Morgan fingerprint density at radius 1 is 1.32 bits per heavy atom. The number of aliphatic carboxylic acids is 1. The van der Waals surface area contributed by atoms with E-state index in [0.29, 0.717) is 17.8 Å². The van der Waals surface area contributed by atoms with Gasteiger partial charge in [0.2, 0.25) is 0 Å². The van der Waals surface area contributed by atoms with E-state index in [4.69, 9.17) is 5.11 Å². The summed E-state index contributed by atoms with van der Waals surface area (Å²) in [5, 5.41) is 8.52. The largest absolute Gasteiger partial charge is 0.478 e. The molecule has 0 heterocycles. The third kappa shape index (κ3) is 5.09. The summed E-state index contributed by atoms with van der Waals surface area (Å²) in [6.07, 6.45) is 2.36. The minimum Gasteiger partial charge on any atom is -0.478 e. The van der Waals surface area contributed by atoms with E-state index < -0.39 is 5.97 Å². The van der Waals surface area contributed by atoms with Gasteiger partial charge in [-0.1, -0.05) is 6.07 Å². The quantitative estimate of drug-likeness (QED) is 0.799. The van der Waals surface area contributed by atoms with Crippen LogP contribution in [0.15, 0.2) is 24.3 Å². The summed E-state index contributed by atoms with van der Waals surface area (Å²) in [6, 6.07) is 4.69. The number of nitrogens with zero attached hydrogens (tertiary/aromatic N) is 2. The smallest absolute Gasteiger partial charge is 0.328 e. The van der Waals surface area contributed by atoms with E-state index in [2.05, 4.69) is 0 Å². The van der Waals surface area contributed by atoms with Gasteiger partial charge in [0.25, 0.3) is 0 Å². The Bertz CT molecular complexity index is 473. The fraction of sp³-hybridized carbons (Fsp3) is 0.357. The number of hydrogen-bond acceptors (Lipinski definition) is 3. The van der Waals surface area contributed by atoms with Gasteiger partial charge in [-0.25, -0.2) is 9.18 Å². The molecule has 0 saturated carbocycles. The van der Waals surface area contributed by atoms with E-state index in [9.17, 15) is 9.18 Å². The van der Waals surface area contributed by atoms with E-state index >= 15 is 0 Å². The number of carbonyl (C=O) groups is 1. The molecule has 1 rings (SSSR count). The molecule has 5 heteroatoms. The molecule has 0 fully saturated rings. The Labute approximate surface area is 112 Å². The van der Waals surface area contributed by atoms with E-state index in [0.717, 1.165) is 12.6 Å². The molecule has 0 spiro atoms. The Hall–Kier alpha value is -1.88. The second-order valence-corrected chi connectivity index (χ2v) is 4.61. The molecule has 0 aromatic heterocycles. The summed E-state index contributed by atoms with van der Waals surface area (Å²) < 4.78 is 13.9. The van der Waals surface area contributed by atoms with Crippen LogP contribution in [0.25, 0.3) is 6.08 Å². The predicted molar refractivity (Wildman–Crippen MR) is 74.9 cm³/mol. The van der Waals surface area contributed by atoms with Gasteiger partial charge < -0.3 is 14.9 Å². The topological polar surface area (TPSA) is 43.8 Å². The zero-order chi connectivity index (χ0) is 14.4. The molecule has 0 amide bonds. The average Bonchev–Trinajstić information content (AvgIpc) is 2.33. The molecule has 1 aromatic carbocycles. The highest BCUT2D eigenvalue weighted by molar-refractivity contribution is 5.85. The van der Waals surface area contributed by atoms with Crippen LogP contribution in [0.3, 0.4) is 0 Å². The van der Waals surface area contributed by atoms with Crippen molar-refractivity contribution in [3.8, 4) is 0 Å². The first kappa shape index (κ1) is 15.2. The summed E-state index contributed by atoms with van der Waals surface area (Å²) in [5.74, 6) is -1.40.